The molecule has 1 aromatic carbocycles. The molecule has 0 heterocycles. The molecule has 0 atom stereocenters. The molecule has 4 N–H and O–H groups in total. The summed E-state index contributed by atoms with van der Waals surface area (Å²) in [4.78, 5) is 11.8. The molecule has 20 heavy (non-hydrogen) atoms. The Morgan fingerprint density at radius 3 is 2.85 bits per heavy atom. The van der Waals surface area contributed by atoms with Crippen LogP contribution >= 0.6 is 0 Å². The van der Waals surface area contributed by atoms with Gasteiger partial charge in [0.25, 0.3) is 0 Å². The Kier molecular flexibility index (Phi) is 5.87. The molecule has 1 aliphatic carbocycles. The number of nitrogens with one attached hydrogen (secondary N) is 2. The van der Waals surface area contributed by atoms with Crippen molar-refractivity contribution in [2.45, 2.75) is 45.1 Å². The van der Waals surface area contributed by atoms with Crippen LogP contribution in [0.1, 0.15) is 44.1 Å². The highest BCUT2D eigenvalue weighted by Gasteiger charge is 2.14. The minimum atomic E-state index is -0.134. The second kappa shape index (κ2) is 7.90. The molecular weight excluding hydrogens is 250 g/mol. The summed E-state index contributed by atoms with van der Waals surface area (Å²) in [6.07, 6.45) is 7.83. The van der Waals surface area contributed by atoms with Crippen LogP contribution in [0.25, 0.3) is 0 Å². The van der Waals surface area contributed by atoms with Gasteiger partial charge in [0, 0.05) is 18.8 Å². The quantitative estimate of drug-likeness (QED) is 0.698. The molecule has 0 radical (unpaired) electrons. The Labute approximate surface area is 121 Å². The summed E-state index contributed by atoms with van der Waals surface area (Å²) in [7, 11) is 0. The molecule has 2 amide bonds. The van der Waals surface area contributed by atoms with Gasteiger partial charge in [-0.2, -0.15) is 0 Å². The third kappa shape index (κ3) is 4.85. The first-order chi connectivity index (χ1) is 9.78. The molecule has 0 aromatic heterocycles. The van der Waals surface area contributed by atoms with Crippen LogP contribution in [-0.2, 0) is 6.54 Å². The van der Waals surface area contributed by atoms with Crippen molar-refractivity contribution < 1.29 is 4.79 Å². The van der Waals surface area contributed by atoms with Gasteiger partial charge in [-0.1, -0.05) is 37.8 Å². The van der Waals surface area contributed by atoms with Gasteiger partial charge in [-0.25, -0.2) is 4.79 Å². The first kappa shape index (κ1) is 14.9. The lowest BCUT2D eigenvalue weighted by Crippen LogP contribution is -2.29. The first-order valence-corrected chi connectivity index (χ1v) is 7.62. The topological polar surface area (TPSA) is 67.1 Å². The van der Waals surface area contributed by atoms with Gasteiger partial charge in [-0.3, -0.25) is 0 Å². The third-order valence-electron chi connectivity index (χ3n) is 3.97. The molecule has 0 aliphatic heterocycles. The maximum Gasteiger partial charge on any atom is 0.319 e. The average Bonchev–Trinajstić information content (AvgIpc) is 2.97. The van der Waals surface area contributed by atoms with Gasteiger partial charge < -0.3 is 16.4 Å². The van der Waals surface area contributed by atoms with E-state index in [1.807, 2.05) is 24.3 Å². The minimum absolute atomic E-state index is 0.134. The molecule has 0 bridgehead atoms. The van der Waals surface area contributed by atoms with Crippen LogP contribution in [0.3, 0.4) is 0 Å². The van der Waals surface area contributed by atoms with Gasteiger partial charge in [-0.05, 0) is 36.5 Å². The van der Waals surface area contributed by atoms with Crippen LogP contribution in [0.2, 0.25) is 0 Å². The fraction of sp³-hybridized carbons (Fsp3) is 0.562. The standard InChI is InChI=1S/C16H25N3O/c17-12-14-7-3-9-15(11-14)19-16(20)18-10-4-8-13-5-1-2-6-13/h3,7,9,11,13H,1-2,4-6,8,10,12,17H2,(H2,18,19,20). The monoisotopic (exact) mass is 275 g/mol. The zero-order chi connectivity index (χ0) is 14.2. The van der Waals surface area contributed by atoms with Crippen LogP contribution in [0.4, 0.5) is 10.5 Å². The van der Waals surface area contributed by atoms with Crippen LogP contribution in [-0.4, -0.2) is 12.6 Å². The van der Waals surface area contributed by atoms with Crippen molar-refractivity contribution in [1.82, 2.24) is 5.32 Å². The zero-order valence-electron chi connectivity index (χ0n) is 12.0. The van der Waals surface area contributed by atoms with Gasteiger partial charge in [0.1, 0.15) is 0 Å². The average molecular weight is 275 g/mol. The number of carbonyl (C=O) groups excluding carboxylic acids is 1. The molecular formula is C16H25N3O. The third-order valence-corrected chi connectivity index (χ3v) is 3.97. The minimum Gasteiger partial charge on any atom is -0.338 e. The summed E-state index contributed by atoms with van der Waals surface area (Å²) in [6.45, 7) is 1.23. The van der Waals surface area contributed by atoms with Crippen molar-refractivity contribution in [3.05, 3.63) is 29.8 Å². The highest BCUT2D eigenvalue weighted by molar-refractivity contribution is 5.89. The van der Waals surface area contributed by atoms with Crippen molar-refractivity contribution in [1.29, 1.82) is 0 Å². The van der Waals surface area contributed by atoms with Gasteiger partial charge in [0.15, 0.2) is 0 Å². The number of hydrogen-bond acceptors (Lipinski definition) is 2. The number of urea groups is 1. The van der Waals surface area contributed by atoms with E-state index in [-0.39, 0.29) is 6.03 Å². The highest BCUT2D eigenvalue weighted by Crippen LogP contribution is 2.28. The van der Waals surface area contributed by atoms with Gasteiger partial charge >= 0.3 is 6.03 Å². The number of hydrogen-bond donors (Lipinski definition) is 3. The second-order valence-corrected chi connectivity index (χ2v) is 5.58. The van der Waals surface area contributed by atoms with Crippen molar-refractivity contribution in [2.24, 2.45) is 11.7 Å². The van der Waals surface area contributed by atoms with Crippen molar-refractivity contribution in [3.8, 4) is 0 Å². The summed E-state index contributed by atoms with van der Waals surface area (Å²) in [5.41, 5.74) is 7.39. The zero-order valence-corrected chi connectivity index (χ0v) is 12.0. The maximum atomic E-state index is 11.8. The van der Waals surface area contributed by atoms with E-state index in [9.17, 15) is 4.79 Å². The summed E-state index contributed by atoms with van der Waals surface area (Å²) in [5, 5.41) is 5.75. The summed E-state index contributed by atoms with van der Waals surface area (Å²) < 4.78 is 0. The summed E-state index contributed by atoms with van der Waals surface area (Å²) in [5.74, 6) is 0.890. The van der Waals surface area contributed by atoms with E-state index in [0.29, 0.717) is 6.54 Å². The molecule has 0 spiro atoms. The molecule has 2 rings (SSSR count). The Morgan fingerprint density at radius 1 is 1.30 bits per heavy atom. The highest BCUT2D eigenvalue weighted by atomic mass is 16.2. The predicted molar refractivity (Wildman–Crippen MR) is 82.5 cm³/mol. The Hall–Kier alpha value is -1.55. The van der Waals surface area contributed by atoms with E-state index >= 15 is 0 Å². The van der Waals surface area contributed by atoms with E-state index < -0.39 is 0 Å². The molecule has 1 fully saturated rings. The predicted octanol–water partition coefficient (Wildman–Crippen LogP) is 3.24. The van der Waals surface area contributed by atoms with E-state index in [4.69, 9.17) is 5.73 Å². The number of anilines is 1. The van der Waals surface area contributed by atoms with Crippen molar-refractivity contribution in [3.63, 3.8) is 0 Å². The van der Waals surface area contributed by atoms with Crippen LogP contribution in [0.5, 0.6) is 0 Å². The van der Waals surface area contributed by atoms with Crippen LogP contribution in [0, 0.1) is 5.92 Å². The SMILES string of the molecule is NCc1cccc(NC(=O)NCCCC2CCCC2)c1. The van der Waals surface area contributed by atoms with E-state index in [0.717, 1.165) is 30.1 Å². The van der Waals surface area contributed by atoms with Crippen LogP contribution in [0.15, 0.2) is 24.3 Å². The van der Waals surface area contributed by atoms with E-state index in [1.165, 1.54) is 32.1 Å². The first-order valence-electron chi connectivity index (χ1n) is 7.62. The molecule has 4 heteroatoms. The Balaban J connectivity index is 1.64. The number of nitrogens with two attached hydrogens (primary N) is 1. The molecule has 1 aromatic rings. The lowest BCUT2D eigenvalue weighted by molar-refractivity contribution is 0.251. The number of rotatable bonds is 6. The second-order valence-electron chi connectivity index (χ2n) is 5.58. The Bertz CT molecular complexity index is 427. The van der Waals surface area contributed by atoms with Gasteiger partial charge in [0.05, 0.1) is 0 Å². The lowest BCUT2D eigenvalue weighted by Gasteiger charge is -2.10. The summed E-state index contributed by atoms with van der Waals surface area (Å²) in [6, 6.07) is 7.49. The molecule has 0 saturated heterocycles. The summed E-state index contributed by atoms with van der Waals surface area (Å²) >= 11 is 0. The normalized spacial score (nSPS) is 15.2. The van der Waals surface area contributed by atoms with Crippen molar-refractivity contribution >= 4 is 11.7 Å². The maximum absolute atomic E-state index is 11.8. The molecule has 0 unspecified atom stereocenters. The fourth-order valence-electron chi connectivity index (χ4n) is 2.84. The van der Waals surface area contributed by atoms with E-state index in [1.54, 1.807) is 0 Å². The van der Waals surface area contributed by atoms with Gasteiger partial charge in [0.2, 0.25) is 0 Å². The fourth-order valence-corrected chi connectivity index (χ4v) is 2.84. The Morgan fingerprint density at radius 2 is 2.10 bits per heavy atom. The van der Waals surface area contributed by atoms with Crippen LogP contribution < -0.4 is 16.4 Å². The number of carbonyl (C=O) groups is 1. The largest absolute Gasteiger partial charge is 0.338 e. The molecule has 110 valence electrons. The molecule has 1 aliphatic rings. The lowest BCUT2D eigenvalue weighted by atomic mass is 10.0. The van der Waals surface area contributed by atoms with Gasteiger partial charge in [-0.15, -0.1) is 0 Å². The van der Waals surface area contributed by atoms with Crippen molar-refractivity contribution in [2.75, 3.05) is 11.9 Å². The smallest absolute Gasteiger partial charge is 0.319 e. The molecule has 4 nitrogen and oxygen atoms in total. The number of amides is 2. The number of benzene rings is 1. The van der Waals surface area contributed by atoms with E-state index in [2.05, 4.69) is 10.6 Å². The molecule has 1 saturated carbocycles.